The van der Waals surface area contributed by atoms with Crippen molar-refractivity contribution < 1.29 is 9.66 Å². The number of nitrogens with one attached hydrogen (secondary N) is 1. The van der Waals surface area contributed by atoms with Crippen molar-refractivity contribution >= 4 is 34.0 Å². The van der Waals surface area contributed by atoms with Gasteiger partial charge in [-0.3, -0.25) is 10.1 Å². The van der Waals surface area contributed by atoms with E-state index in [2.05, 4.69) is 15.3 Å². The Hall–Kier alpha value is -2.93. The molecule has 1 aromatic heterocycles. The van der Waals surface area contributed by atoms with Gasteiger partial charge in [0.1, 0.15) is 17.4 Å². The summed E-state index contributed by atoms with van der Waals surface area (Å²) >= 11 is 5.86. The first-order valence-electron chi connectivity index (χ1n) is 7.48. The fourth-order valence-electron chi connectivity index (χ4n) is 2.40. The number of rotatable bonds is 6. The minimum Gasteiger partial charge on any atom is -0.497 e. The SMILES string of the molecule is COc1ccc(CNc2nc(CCl)nc3ccc([N+](=O)[O-])cc23)cc1. The summed E-state index contributed by atoms with van der Waals surface area (Å²) in [5.74, 6) is 1.90. The Morgan fingerprint density at radius 2 is 1.96 bits per heavy atom. The Balaban J connectivity index is 1.94. The van der Waals surface area contributed by atoms with Crippen LogP contribution in [0.5, 0.6) is 5.75 Å². The molecule has 0 saturated carbocycles. The van der Waals surface area contributed by atoms with Gasteiger partial charge in [0.15, 0.2) is 0 Å². The molecule has 7 nitrogen and oxygen atoms in total. The molecule has 0 atom stereocenters. The maximum atomic E-state index is 11.0. The van der Waals surface area contributed by atoms with Gasteiger partial charge in [0.05, 0.1) is 23.4 Å². The molecule has 0 saturated heterocycles. The number of non-ortho nitro benzene ring substituents is 1. The number of aromatic nitrogens is 2. The van der Waals surface area contributed by atoms with Crippen molar-refractivity contribution in [2.75, 3.05) is 12.4 Å². The van der Waals surface area contributed by atoms with Gasteiger partial charge in [-0.25, -0.2) is 9.97 Å². The first-order chi connectivity index (χ1) is 12.1. The van der Waals surface area contributed by atoms with Crippen LogP contribution in [0.25, 0.3) is 10.9 Å². The Bertz CT molecular complexity index is 916. The minimum absolute atomic E-state index is 0.0118. The first kappa shape index (κ1) is 16.9. The largest absolute Gasteiger partial charge is 0.497 e. The van der Waals surface area contributed by atoms with Gasteiger partial charge >= 0.3 is 0 Å². The number of hydrogen-bond acceptors (Lipinski definition) is 6. The van der Waals surface area contributed by atoms with E-state index in [9.17, 15) is 10.1 Å². The highest BCUT2D eigenvalue weighted by molar-refractivity contribution is 6.16. The molecule has 0 amide bonds. The van der Waals surface area contributed by atoms with Crippen LogP contribution in [0.4, 0.5) is 11.5 Å². The second-order valence-corrected chi connectivity index (χ2v) is 5.55. The number of nitro benzene ring substituents is 1. The lowest BCUT2D eigenvalue weighted by Crippen LogP contribution is -2.05. The molecule has 1 N–H and O–H groups in total. The quantitative estimate of drug-likeness (QED) is 0.408. The number of hydrogen-bond donors (Lipinski definition) is 1. The number of fused-ring (bicyclic) bond motifs is 1. The third kappa shape index (κ3) is 3.77. The van der Waals surface area contributed by atoms with E-state index in [4.69, 9.17) is 16.3 Å². The molecule has 25 heavy (non-hydrogen) atoms. The van der Waals surface area contributed by atoms with Crippen molar-refractivity contribution in [2.24, 2.45) is 0 Å². The van der Waals surface area contributed by atoms with E-state index in [0.29, 0.717) is 29.1 Å². The molecule has 3 rings (SSSR count). The summed E-state index contributed by atoms with van der Waals surface area (Å²) in [7, 11) is 1.61. The lowest BCUT2D eigenvalue weighted by molar-refractivity contribution is -0.384. The van der Waals surface area contributed by atoms with Gasteiger partial charge in [-0.05, 0) is 23.8 Å². The van der Waals surface area contributed by atoms with Crippen molar-refractivity contribution in [1.29, 1.82) is 0 Å². The third-order valence-corrected chi connectivity index (χ3v) is 3.91. The second kappa shape index (κ2) is 7.31. The number of nitro groups is 1. The zero-order valence-corrected chi connectivity index (χ0v) is 14.2. The lowest BCUT2D eigenvalue weighted by Gasteiger charge is -2.10. The normalized spacial score (nSPS) is 10.6. The highest BCUT2D eigenvalue weighted by Crippen LogP contribution is 2.26. The van der Waals surface area contributed by atoms with Crippen molar-refractivity contribution in [3.05, 3.63) is 64.0 Å². The molecule has 8 heteroatoms. The summed E-state index contributed by atoms with van der Waals surface area (Å²) in [5.41, 5.74) is 1.61. The van der Waals surface area contributed by atoms with Crippen LogP contribution in [0.15, 0.2) is 42.5 Å². The molecule has 3 aromatic rings. The van der Waals surface area contributed by atoms with Crippen LogP contribution in [-0.2, 0) is 12.4 Å². The topological polar surface area (TPSA) is 90.2 Å². The molecule has 2 aromatic carbocycles. The molecule has 0 unspecified atom stereocenters. The van der Waals surface area contributed by atoms with Gasteiger partial charge in [0, 0.05) is 24.1 Å². The van der Waals surface area contributed by atoms with E-state index < -0.39 is 4.92 Å². The average Bonchev–Trinajstić information content (AvgIpc) is 2.65. The summed E-state index contributed by atoms with van der Waals surface area (Å²) in [6.45, 7) is 0.501. The van der Waals surface area contributed by atoms with Crippen molar-refractivity contribution in [2.45, 2.75) is 12.4 Å². The standard InChI is InChI=1S/C17H15ClN4O3/c1-25-13-5-2-11(3-6-13)10-19-17-14-8-12(22(23)24)4-7-15(14)20-16(9-18)21-17/h2-8H,9-10H2,1H3,(H,19,20,21). The van der Waals surface area contributed by atoms with Gasteiger partial charge in [-0.1, -0.05) is 12.1 Å². The maximum Gasteiger partial charge on any atom is 0.270 e. The van der Waals surface area contributed by atoms with Crippen LogP contribution in [0.2, 0.25) is 0 Å². The Morgan fingerprint density at radius 1 is 1.20 bits per heavy atom. The zero-order chi connectivity index (χ0) is 17.8. The molecule has 1 heterocycles. The minimum atomic E-state index is -0.442. The highest BCUT2D eigenvalue weighted by atomic mass is 35.5. The van der Waals surface area contributed by atoms with Crippen molar-refractivity contribution in [3.8, 4) is 5.75 Å². The molecule has 0 fully saturated rings. The smallest absolute Gasteiger partial charge is 0.270 e. The van der Waals surface area contributed by atoms with Gasteiger partial charge < -0.3 is 10.1 Å². The third-order valence-electron chi connectivity index (χ3n) is 3.67. The maximum absolute atomic E-state index is 11.0. The van der Waals surface area contributed by atoms with Crippen LogP contribution in [0.1, 0.15) is 11.4 Å². The predicted octanol–water partition coefficient (Wildman–Crippen LogP) is 3.90. The number of benzene rings is 2. The van der Waals surface area contributed by atoms with Gasteiger partial charge in [0.2, 0.25) is 0 Å². The summed E-state index contributed by atoms with van der Waals surface area (Å²) in [4.78, 5) is 19.3. The molecule has 0 spiro atoms. The number of anilines is 1. The molecule has 0 aliphatic carbocycles. The monoisotopic (exact) mass is 358 g/mol. The van der Waals surface area contributed by atoms with Crippen molar-refractivity contribution in [1.82, 2.24) is 9.97 Å². The van der Waals surface area contributed by atoms with E-state index in [-0.39, 0.29) is 11.6 Å². The fourth-order valence-corrected chi connectivity index (χ4v) is 2.52. The van der Waals surface area contributed by atoms with E-state index in [1.165, 1.54) is 12.1 Å². The Morgan fingerprint density at radius 3 is 2.60 bits per heavy atom. The Labute approximate surface area is 148 Å². The van der Waals surface area contributed by atoms with E-state index in [1.54, 1.807) is 13.2 Å². The molecular formula is C17H15ClN4O3. The Kier molecular flexibility index (Phi) is 4.95. The van der Waals surface area contributed by atoms with E-state index in [1.807, 2.05) is 24.3 Å². The van der Waals surface area contributed by atoms with Crippen LogP contribution in [-0.4, -0.2) is 22.0 Å². The predicted molar refractivity (Wildman–Crippen MR) is 96.1 cm³/mol. The fraction of sp³-hybridized carbons (Fsp3) is 0.176. The number of nitrogens with zero attached hydrogens (tertiary/aromatic N) is 3. The second-order valence-electron chi connectivity index (χ2n) is 5.28. The zero-order valence-electron chi connectivity index (χ0n) is 13.4. The lowest BCUT2D eigenvalue weighted by atomic mass is 10.2. The van der Waals surface area contributed by atoms with Crippen molar-refractivity contribution in [3.63, 3.8) is 0 Å². The number of alkyl halides is 1. The highest BCUT2D eigenvalue weighted by Gasteiger charge is 2.12. The molecule has 0 aliphatic heterocycles. The van der Waals surface area contributed by atoms with Gasteiger partial charge in [-0.15, -0.1) is 11.6 Å². The summed E-state index contributed by atoms with van der Waals surface area (Å²) in [6, 6.07) is 12.1. The summed E-state index contributed by atoms with van der Waals surface area (Å²) < 4.78 is 5.14. The van der Waals surface area contributed by atoms with Crippen LogP contribution in [0.3, 0.4) is 0 Å². The molecular weight excluding hydrogens is 344 g/mol. The summed E-state index contributed by atoms with van der Waals surface area (Å²) in [6.07, 6.45) is 0. The first-order valence-corrected chi connectivity index (χ1v) is 8.02. The van der Waals surface area contributed by atoms with Crippen LogP contribution in [0, 0.1) is 10.1 Å². The van der Waals surface area contributed by atoms with Gasteiger partial charge in [0.25, 0.3) is 5.69 Å². The van der Waals surface area contributed by atoms with Crippen LogP contribution < -0.4 is 10.1 Å². The molecule has 0 bridgehead atoms. The van der Waals surface area contributed by atoms with E-state index >= 15 is 0 Å². The summed E-state index contributed by atoms with van der Waals surface area (Å²) in [5, 5.41) is 14.8. The number of methoxy groups -OCH3 is 1. The number of ether oxygens (including phenoxy) is 1. The van der Waals surface area contributed by atoms with E-state index in [0.717, 1.165) is 11.3 Å². The average molecular weight is 359 g/mol. The molecule has 0 radical (unpaired) electrons. The number of halogens is 1. The van der Waals surface area contributed by atoms with Crippen LogP contribution >= 0.6 is 11.6 Å². The van der Waals surface area contributed by atoms with Gasteiger partial charge in [-0.2, -0.15) is 0 Å². The molecule has 0 aliphatic rings. The molecule has 128 valence electrons.